The first-order valence-corrected chi connectivity index (χ1v) is 9.02. The normalized spacial score (nSPS) is 24.1. The minimum absolute atomic E-state index is 0.00580. The van der Waals surface area contributed by atoms with Crippen molar-refractivity contribution in [1.29, 1.82) is 0 Å². The number of nitrogens with one attached hydrogen (secondary N) is 2. The fraction of sp³-hybridized carbons (Fsp3) is 0.500. The van der Waals surface area contributed by atoms with Gasteiger partial charge in [-0.15, -0.1) is 0 Å². The van der Waals surface area contributed by atoms with Gasteiger partial charge in [0.25, 0.3) is 0 Å². The van der Waals surface area contributed by atoms with Crippen LogP contribution in [-0.4, -0.2) is 22.7 Å². The van der Waals surface area contributed by atoms with Crippen molar-refractivity contribution in [2.24, 2.45) is 5.92 Å². The second-order valence-corrected chi connectivity index (χ2v) is 7.72. The molecule has 25 heavy (non-hydrogen) atoms. The monoisotopic (exact) mass is 339 g/mol. The van der Waals surface area contributed by atoms with Gasteiger partial charge in [0.2, 0.25) is 5.91 Å². The zero-order chi connectivity index (χ0) is 17.8. The number of hydrogen-bond acceptors (Lipinski definition) is 3. The van der Waals surface area contributed by atoms with Crippen molar-refractivity contribution in [3.05, 3.63) is 40.7 Å². The van der Waals surface area contributed by atoms with Crippen LogP contribution in [-0.2, 0) is 10.2 Å². The number of anilines is 1. The maximum Gasteiger partial charge on any atom is 0.228 e. The van der Waals surface area contributed by atoms with Crippen LogP contribution in [0.5, 0.6) is 5.75 Å². The van der Waals surface area contributed by atoms with Crippen molar-refractivity contribution in [3.63, 3.8) is 0 Å². The molecule has 2 N–H and O–H groups in total. The summed E-state index contributed by atoms with van der Waals surface area (Å²) >= 11 is 0. The molecule has 4 rings (SSSR count). The van der Waals surface area contributed by atoms with Gasteiger partial charge in [-0.25, -0.2) is 0 Å². The molecule has 0 bridgehead atoms. The standard InChI is InChI=1S/C20H25N3O2/c1-11(2)14-5-6-17-15(9-14)20(7-8-25-17)10-16(20)19(24)21-18-12(3)22-23-13(18)4/h5-6,9,11,16H,7-8,10H2,1-4H3,(H,21,24)(H,22,23)/t16-,20-/m0/s1. The molecule has 1 saturated carbocycles. The van der Waals surface area contributed by atoms with Gasteiger partial charge < -0.3 is 10.1 Å². The number of H-pyrrole nitrogens is 1. The Labute approximate surface area is 148 Å². The Bertz CT molecular complexity index is 820. The summed E-state index contributed by atoms with van der Waals surface area (Å²) in [7, 11) is 0. The molecule has 132 valence electrons. The van der Waals surface area contributed by atoms with Gasteiger partial charge in [-0.05, 0) is 44.2 Å². The number of ether oxygens (including phenoxy) is 1. The first-order chi connectivity index (χ1) is 11.9. The van der Waals surface area contributed by atoms with Crippen molar-refractivity contribution in [1.82, 2.24) is 10.2 Å². The highest BCUT2D eigenvalue weighted by Gasteiger charge is 2.61. The largest absolute Gasteiger partial charge is 0.493 e. The summed E-state index contributed by atoms with van der Waals surface area (Å²) in [5.41, 5.74) is 5.00. The summed E-state index contributed by atoms with van der Waals surface area (Å²) in [6.45, 7) is 8.90. The van der Waals surface area contributed by atoms with E-state index in [-0.39, 0.29) is 17.2 Å². The smallest absolute Gasteiger partial charge is 0.228 e. The molecule has 0 saturated heterocycles. The average molecular weight is 339 g/mol. The molecule has 1 spiro atoms. The maximum atomic E-state index is 12.9. The summed E-state index contributed by atoms with van der Waals surface area (Å²) in [6, 6.07) is 6.46. The lowest BCUT2D eigenvalue weighted by atomic mass is 9.85. The topological polar surface area (TPSA) is 67.0 Å². The fourth-order valence-corrected chi connectivity index (χ4v) is 4.07. The zero-order valence-electron chi connectivity index (χ0n) is 15.3. The number of hydrogen-bond donors (Lipinski definition) is 2. The molecule has 2 atom stereocenters. The number of amides is 1. The van der Waals surface area contributed by atoms with Gasteiger partial charge in [-0.1, -0.05) is 26.0 Å². The summed E-state index contributed by atoms with van der Waals surface area (Å²) < 4.78 is 5.86. The van der Waals surface area contributed by atoms with Crippen molar-refractivity contribution in [2.75, 3.05) is 11.9 Å². The van der Waals surface area contributed by atoms with Gasteiger partial charge in [0.1, 0.15) is 5.75 Å². The predicted molar refractivity (Wildman–Crippen MR) is 97.1 cm³/mol. The van der Waals surface area contributed by atoms with Gasteiger partial charge in [-0.3, -0.25) is 9.89 Å². The molecule has 1 aromatic carbocycles. The first kappa shape index (κ1) is 16.2. The third kappa shape index (κ3) is 2.53. The summed E-state index contributed by atoms with van der Waals surface area (Å²) in [5.74, 6) is 1.51. The van der Waals surface area contributed by atoms with Crippen molar-refractivity contribution < 1.29 is 9.53 Å². The van der Waals surface area contributed by atoms with Gasteiger partial charge >= 0.3 is 0 Å². The third-order valence-corrected chi connectivity index (χ3v) is 5.78. The number of nitrogens with zero attached hydrogens (tertiary/aromatic N) is 1. The van der Waals surface area contributed by atoms with Gasteiger partial charge in [0, 0.05) is 16.9 Å². The van der Waals surface area contributed by atoms with E-state index in [9.17, 15) is 4.79 Å². The minimum atomic E-state index is -0.0614. The number of aryl methyl sites for hydroxylation is 2. The minimum Gasteiger partial charge on any atom is -0.493 e. The van der Waals surface area contributed by atoms with E-state index in [0.717, 1.165) is 35.7 Å². The van der Waals surface area contributed by atoms with Crippen LogP contribution in [0.25, 0.3) is 0 Å². The number of rotatable bonds is 3. The third-order valence-electron chi connectivity index (χ3n) is 5.78. The molecule has 1 aromatic heterocycles. The molecule has 0 unspecified atom stereocenters. The molecule has 1 aliphatic carbocycles. The Morgan fingerprint density at radius 2 is 2.20 bits per heavy atom. The Kier molecular flexibility index (Phi) is 3.63. The Balaban J connectivity index is 1.61. The van der Waals surface area contributed by atoms with Crippen LogP contribution in [0.1, 0.15) is 55.1 Å². The molecule has 1 amide bonds. The summed E-state index contributed by atoms with van der Waals surface area (Å²) in [4.78, 5) is 12.9. The molecule has 5 heteroatoms. The van der Waals surface area contributed by atoms with Crippen LogP contribution >= 0.6 is 0 Å². The number of fused-ring (bicyclic) bond motifs is 2. The van der Waals surface area contributed by atoms with E-state index in [1.165, 1.54) is 11.1 Å². The number of carbonyl (C=O) groups excluding carboxylic acids is 1. The lowest BCUT2D eigenvalue weighted by Gasteiger charge is -2.28. The first-order valence-electron chi connectivity index (χ1n) is 9.02. The highest BCUT2D eigenvalue weighted by molar-refractivity contribution is 5.97. The fourth-order valence-electron chi connectivity index (χ4n) is 4.07. The van der Waals surface area contributed by atoms with Crippen molar-refractivity contribution in [2.45, 2.75) is 51.9 Å². The quantitative estimate of drug-likeness (QED) is 0.893. The molecular formula is C20H25N3O2. The molecule has 1 fully saturated rings. The lowest BCUT2D eigenvalue weighted by Crippen LogP contribution is -2.27. The van der Waals surface area contributed by atoms with Crippen LogP contribution in [0, 0.1) is 19.8 Å². The van der Waals surface area contributed by atoms with Crippen LogP contribution in [0.3, 0.4) is 0 Å². The van der Waals surface area contributed by atoms with E-state index in [2.05, 4.69) is 47.6 Å². The Morgan fingerprint density at radius 3 is 2.88 bits per heavy atom. The van der Waals surface area contributed by atoms with Gasteiger partial charge in [0.15, 0.2) is 0 Å². The number of carbonyl (C=O) groups is 1. The van der Waals surface area contributed by atoms with E-state index in [4.69, 9.17) is 4.74 Å². The molecule has 5 nitrogen and oxygen atoms in total. The highest BCUT2D eigenvalue weighted by atomic mass is 16.5. The predicted octanol–water partition coefficient (Wildman–Crippen LogP) is 3.83. The molecule has 0 radical (unpaired) electrons. The molecule has 2 aliphatic rings. The van der Waals surface area contributed by atoms with Crippen LogP contribution in [0.2, 0.25) is 0 Å². The highest BCUT2D eigenvalue weighted by Crippen LogP contribution is 2.61. The van der Waals surface area contributed by atoms with Crippen LogP contribution in [0.4, 0.5) is 5.69 Å². The number of aromatic nitrogens is 2. The average Bonchev–Trinajstić information content (AvgIpc) is 3.23. The van der Waals surface area contributed by atoms with Gasteiger partial charge in [-0.2, -0.15) is 5.10 Å². The van der Waals surface area contributed by atoms with Crippen molar-refractivity contribution in [3.8, 4) is 5.75 Å². The van der Waals surface area contributed by atoms with E-state index < -0.39 is 0 Å². The Morgan fingerprint density at radius 1 is 1.40 bits per heavy atom. The summed E-state index contributed by atoms with van der Waals surface area (Å²) in [5, 5.41) is 10.2. The number of benzene rings is 1. The zero-order valence-corrected chi connectivity index (χ0v) is 15.3. The van der Waals surface area contributed by atoms with Gasteiger partial charge in [0.05, 0.1) is 23.7 Å². The van der Waals surface area contributed by atoms with Crippen molar-refractivity contribution >= 4 is 11.6 Å². The SMILES string of the molecule is Cc1n[nH]c(C)c1NC(=O)[C@@H]1C[C@]12CCOc1ccc(C(C)C)cc12. The van der Waals surface area contributed by atoms with E-state index in [1.54, 1.807) is 0 Å². The van der Waals surface area contributed by atoms with Crippen LogP contribution < -0.4 is 10.1 Å². The van der Waals surface area contributed by atoms with E-state index >= 15 is 0 Å². The lowest BCUT2D eigenvalue weighted by molar-refractivity contribution is -0.117. The second kappa shape index (κ2) is 5.61. The number of aromatic amines is 1. The molecular weight excluding hydrogens is 314 g/mol. The molecule has 2 aromatic rings. The van der Waals surface area contributed by atoms with E-state index in [1.807, 2.05) is 13.8 Å². The second-order valence-electron chi connectivity index (χ2n) is 7.72. The Hall–Kier alpha value is -2.30. The maximum absolute atomic E-state index is 12.9. The van der Waals surface area contributed by atoms with E-state index in [0.29, 0.717) is 12.5 Å². The summed E-state index contributed by atoms with van der Waals surface area (Å²) in [6.07, 6.45) is 1.80. The molecule has 1 aliphatic heterocycles. The molecule has 2 heterocycles. The van der Waals surface area contributed by atoms with Crippen LogP contribution in [0.15, 0.2) is 18.2 Å².